The summed E-state index contributed by atoms with van der Waals surface area (Å²) < 4.78 is 41.5. The summed E-state index contributed by atoms with van der Waals surface area (Å²) in [5, 5.41) is 2.63. The highest BCUT2D eigenvalue weighted by atomic mass is 32.2. The Labute approximate surface area is 152 Å². The van der Waals surface area contributed by atoms with Crippen LogP contribution in [0.3, 0.4) is 0 Å². The van der Waals surface area contributed by atoms with Gasteiger partial charge in [0.25, 0.3) is 5.91 Å². The number of amides is 2. The van der Waals surface area contributed by atoms with Crippen LogP contribution < -0.4 is 10.2 Å². The van der Waals surface area contributed by atoms with E-state index in [4.69, 9.17) is 0 Å². The van der Waals surface area contributed by atoms with E-state index in [1.807, 2.05) is 0 Å². The molecule has 138 valence electrons. The number of rotatable bonds is 4. The van der Waals surface area contributed by atoms with Crippen molar-refractivity contribution in [2.24, 2.45) is 0 Å². The zero-order valence-corrected chi connectivity index (χ0v) is 14.6. The fraction of sp³-hybridized carbons (Fsp3) is 0.176. The molecule has 0 aromatic heterocycles. The molecule has 2 rings (SSSR count). The Bertz CT molecular complexity index is 777. The monoisotopic (exact) mass is 384 g/mol. The number of thioether (sulfide) groups is 1. The Balaban J connectivity index is 2.02. The molecular formula is C17H15F3N2O3S. The first-order chi connectivity index (χ1) is 12.2. The number of hydrogen-bond acceptors (Lipinski definition) is 4. The Kier molecular flexibility index (Phi) is 6.14. The number of benzene rings is 2. The van der Waals surface area contributed by atoms with Crippen molar-refractivity contribution in [1.29, 1.82) is 0 Å². The summed E-state index contributed by atoms with van der Waals surface area (Å²) in [6.07, 6.45) is -0.529. The number of methoxy groups -OCH3 is 1. The van der Waals surface area contributed by atoms with Gasteiger partial charge in [-0.25, -0.2) is 4.79 Å². The van der Waals surface area contributed by atoms with Crippen LogP contribution in [0, 0.1) is 0 Å². The Morgan fingerprint density at radius 3 is 2.12 bits per heavy atom. The van der Waals surface area contributed by atoms with Crippen molar-refractivity contribution < 1.29 is 27.5 Å². The minimum absolute atomic E-state index is 0.00394. The quantitative estimate of drug-likeness (QED) is 0.773. The number of carbonyl (C=O) groups excluding carboxylic acids is 2. The molecule has 0 saturated heterocycles. The number of carbonyl (C=O) groups is 2. The SMILES string of the molecule is COC(=O)N(C)c1ccc(NC(=O)c2ccc(SC(F)(F)F)cc2)cc1. The van der Waals surface area contributed by atoms with E-state index >= 15 is 0 Å². The number of nitrogens with one attached hydrogen (secondary N) is 1. The summed E-state index contributed by atoms with van der Waals surface area (Å²) in [7, 11) is 2.81. The summed E-state index contributed by atoms with van der Waals surface area (Å²) in [6.45, 7) is 0. The summed E-state index contributed by atoms with van der Waals surface area (Å²) in [6, 6.07) is 11.6. The maximum Gasteiger partial charge on any atom is 0.446 e. The first-order valence-electron chi connectivity index (χ1n) is 7.28. The van der Waals surface area contributed by atoms with Crippen molar-refractivity contribution in [2.45, 2.75) is 10.4 Å². The number of nitrogens with zero attached hydrogens (tertiary/aromatic N) is 1. The molecule has 0 aliphatic heterocycles. The predicted octanol–water partition coefficient (Wildman–Crippen LogP) is 4.75. The second kappa shape index (κ2) is 8.13. The Morgan fingerprint density at radius 2 is 1.62 bits per heavy atom. The molecule has 0 fully saturated rings. The summed E-state index contributed by atoms with van der Waals surface area (Å²) in [5.41, 5.74) is -3.09. The third-order valence-electron chi connectivity index (χ3n) is 3.31. The van der Waals surface area contributed by atoms with Crippen molar-refractivity contribution in [2.75, 3.05) is 24.4 Å². The highest BCUT2D eigenvalue weighted by Gasteiger charge is 2.29. The van der Waals surface area contributed by atoms with E-state index in [1.54, 1.807) is 31.3 Å². The van der Waals surface area contributed by atoms with Gasteiger partial charge in [0.1, 0.15) is 0 Å². The molecule has 0 aliphatic rings. The summed E-state index contributed by atoms with van der Waals surface area (Å²) in [5.74, 6) is -0.456. The van der Waals surface area contributed by atoms with E-state index in [1.165, 1.54) is 36.3 Å². The third-order valence-corrected chi connectivity index (χ3v) is 4.05. The third kappa shape index (κ3) is 5.41. The summed E-state index contributed by atoms with van der Waals surface area (Å²) in [4.78, 5) is 24.9. The maximum absolute atomic E-state index is 12.3. The van der Waals surface area contributed by atoms with Crippen LogP contribution in [0.25, 0.3) is 0 Å². The van der Waals surface area contributed by atoms with Gasteiger partial charge in [-0.15, -0.1) is 0 Å². The Hall–Kier alpha value is -2.68. The number of halogens is 3. The number of anilines is 2. The van der Waals surface area contributed by atoms with Crippen molar-refractivity contribution in [1.82, 2.24) is 0 Å². The zero-order chi connectivity index (χ0) is 19.3. The fourth-order valence-electron chi connectivity index (χ4n) is 2.02. The van der Waals surface area contributed by atoms with E-state index in [2.05, 4.69) is 10.1 Å². The highest BCUT2D eigenvalue weighted by molar-refractivity contribution is 8.00. The molecule has 0 spiro atoms. The van der Waals surface area contributed by atoms with Gasteiger partial charge in [0.15, 0.2) is 0 Å². The van der Waals surface area contributed by atoms with Crippen LogP contribution in [0.4, 0.5) is 29.3 Å². The normalized spacial score (nSPS) is 11.0. The van der Waals surface area contributed by atoms with E-state index in [0.717, 1.165) is 0 Å². The van der Waals surface area contributed by atoms with Crippen LogP contribution in [-0.2, 0) is 4.74 Å². The van der Waals surface area contributed by atoms with Gasteiger partial charge in [-0.1, -0.05) is 0 Å². The molecule has 1 N–H and O–H groups in total. The standard InChI is InChI=1S/C17H15F3N2O3S/c1-22(16(24)25-2)13-7-5-12(6-8-13)21-15(23)11-3-9-14(10-4-11)26-17(18,19)20/h3-10H,1-2H3,(H,21,23). The predicted molar refractivity (Wildman–Crippen MR) is 93.6 cm³/mol. The Morgan fingerprint density at radius 1 is 1.04 bits per heavy atom. The topological polar surface area (TPSA) is 58.6 Å². The molecule has 0 radical (unpaired) electrons. The second-order valence-electron chi connectivity index (χ2n) is 5.10. The van der Waals surface area contributed by atoms with Crippen LogP contribution >= 0.6 is 11.8 Å². The lowest BCUT2D eigenvalue weighted by atomic mass is 10.2. The average Bonchev–Trinajstić information content (AvgIpc) is 2.60. The number of ether oxygens (including phenoxy) is 1. The molecule has 2 aromatic rings. The van der Waals surface area contributed by atoms with E-state index in [0.29, 0.717) is 11.4 Å². The molecule has 2 amide bonds. The van der Waals surface area contributed by atoms with Crippen molar-refractivity contribution in [3.05, 3.63) is 54.1 Å². The molecule has 0 bridgehead atoms. The maximum atomic E-state index is 12.3. The van der Waals surface area contributed by atoms with Gasteiger partial charge in [0.05, 0.1) is 7.11 Å². The van der Waals surface area contributed by atoms with Gasteiger partial charge in [0, 0.05) is 28.9 Å². The minimum Gasteiger partial charge on any atom is -0.452 e. The molecule has 0 saturated carbocycles. The number of alkyl halides is 3. The van der Waals surface area contributed by atoms with Gasteiger partial charge in [0.2, 0.25) is 0 Å². The lowest BCUT2D eigenvalue weighted by Gasteiger charge is -2.16. The molecule has 0 heterocycles. The lowest BCUT2D eigenvalue weighted by Crippen LogP contribution is -2.25. The number of hydrogen-bond donors (Lipinski definition) is 1. The van der Waals surface area contributed by atoms with Crippen molar-refractivity contribution in [3.8, 4) is 0 Å². The average molecular weight is 384 g/mol. The molecular weight excluding hydrogens is 369 g/mol. The van der Waals surface area contributed by atoms with Gasteiger partial charge in [-0.3, -0.25) is 9.69 Å². The van der Waals surface area contributed by atoms with Crippen molar-refractivity contribution in [3.63, 3.8) is 0 Å². The van der Waals surface area contributed by atoms with Gasteiger partial charge >= 0.3 is 11.6 Å². The molecule has 2 aromatic carbocycles. The first-order valence-corrected chi connectivity index (χ1v) is 8.10. The van der Waals surface area contributed by atoms with E-state index < -0.39 is 17.5 Å². The largest absolute Gasteiger partial charge is 0.452 e. The van der Waals surface area contributed by atoms with Crippen LogP contribution in [-0.4, -0.2) is 31.7 Å². The second-order valence-corrected chi connectivity index (χ2v) is 6.24. The minimum atomic E-state index is -4.37. The van der Waals surface area contributed by atoms with Gasteiger partial charge in [-0.05, 0) is 60.3 Å². The molecule has 0 aliphatic carbocycles. The van der Waals surface area contributed by atoms with Gasteiger partial charge in [-0.2, -0.15) is 13.2 Å². The lowest BCUT2D eigenvalue weighted by molar-refractivity contribution is -0.0328. The fourth-order valence-corrected chi connectivity index (χ4v) is 2.56. The van der Waals surface area contributed by atoms with Crippen LogP contribution in [0.2, 0.25) is 0 Å². The molecule has 0 unspecified atom stereocenters. The van der Waals surface area contributed by atoms with E-state index in [-0.39, 0.29) is 22.2 Å². The van der Waals surface area contributed by atoms with Crippen molar-refractivity contribution >= 4 is 35.1 Å². The molecule has 5 nitrogen and oxygen atoms in total. The van der Waals surface area contributed by atoms with Crippen LogP contribution in [0.1, 0.15) is 10.4 Å². The molecule has 9 heteroatoms. The first kappa shape index (κ1) is 19.6. The highest BCUT2D eigenvalue weighted by Crippen LogP contribution is 2.36. The van der Waals surface area contributed by atoms with Gasteiger partial charge < -0.3 is 10.1 Å². The van der Waals surface area contributed by atoms with Crippen LogP contribution in [0.5, 0.6) is 0 Å². The zero-order valence-electron chi connectivity index (χ0n) is 13.8. The smallest absolute Gasteiger partial charge is 0.446 e. The van der Waals surface area contributed by atoms with Crippen LogP contribution in [0.15, 0.2) is 53.4 Å². The molecule has 26 heavy (non-hydrogen) atoms. The van der Waals surface area contributed by atoms with E-state index in [9.17, 15) is 22.8 Å². The summed E-state index contributed by atoms with van der Waals surface area (Å²) >= 11 is -0.241. The molecule has 0 atom stereocenters.